The summed E-state index contributed by atoms with van der Waals surface area (Å²) in [7, 11) is -3.77. The van der Waals surface area contributed by atoms with Gasteiger partial charge in [0, 0.05) is 35.3 Å². The fourth-order valence-electron chi connectivity index (χ4n) is 5.45. The minimum absolute atomic E-state index is 0.0311. The van der Waals surface area contributed by atoms with Crippen LogP contribution in [-0.4, -0.2) is 20.8 Å². The van der Waals surface area contributed by atoms with Gasteiger partial charge < -0.3 is 10.1 Å². The van der Waals surface area contributed by atoms with Crippen LogP contribution in [0.3, 0.4) is 0 Å². The summed E-state index contributed by atoms with van der Waals surface area (Å²) in [5, 5.41) is 8.82. The van der Waals surface area contributed by atoms with E-state index in [4.69, 9.17) is 9.88 Å². The van der Waals surface area contributed by atoms with E-state index in [1.54, 1.807) is 12.1 Å². The molecule has 0 bridgehead atoms. The number of ether oxygens (including phenoxy) is 1. The van der Waals surface area contributed by atoms with Crippen LogP contribution in [0, 0.1) is 17.8 Å². The molecule has 0 aromatic heterocycles. The molecule has 1 saturated heterocycles. The van der Waals surface area contributed by atoms with Crippen molar-refractivity contribution in [2.24, 2.45) is 22.9 Å². The van der Waals surface area contributed by atoms with Gasteiger partial charge in [0.05, 0.1) is 17.0 Å². The number of primary sulfonamides is 1. The molecular weight excluding hydrogens is 460 g/mol. The van der Waals surface area contributed by atoms with Gasteiger partial charge >= 0.3 is 0 Å². The van der Waals surface area contributed by atoms with Crippen LogP contribution in [-0.2, 0) is 14.8 Å². The zero-order valence-electron chi connectivity index (χ0n) is 21.0. The molecule has 1 aliphatic carbocycles. The molecule has 35 heavy (non-hydrogen) atoms. The number of hydrogen-bond acceptors (Lipinski definition) is 5. The Labute approximate surface area is 209 Å². The summed E-state index contributed by atoms with van der Waals surface area (Å²) in [6.45, 7) is 6.77. The first-order valence-electron chi connectivity index (χ1n) is 12.8. The van der Waals surface area contributed by atoms with E-state index in [9.17, 15) is 13.2 Å². The molecule has 2 aliphatic heterocycles. The minimum Gasteiger partial charge on any atom is -0.378 e. The molecule has 3 aliphatic rings. The third kappa shape index (κ3) is 5.96. The fourth-order valence-corrected chi connectivity index (χ4v) is 6.00. The minimum atomic E-state index is -3.77. The third-order valence-corrected chi connectivity index (χ3v) is 8.42. The van der Waals surface area contributed by atoms with Crippen molar-refractivity contribution >= 4 is 21.5 Å². The fraction of sp³-hybridized carbons (Fsp3) is 0.536. The van der Waals surface area contributed by atoms with E-state index >= 15 is 0 Å². The van der Waals surface area contributed by atoms with Gasteiger partial charge in [-0.15, -0.1) is 0 Å². The number of nitrogens with one attached hydrogen (secondary N) is 1. The molecule has 0 spiro atoms. The zero-order chi connectivity index (χ0) is 25.2. The summed E-state index contributed by atoms with van der Waals surface area (Å²) in [6.07, 6.45) is 8.13. The molecule has 3 unspecified atom stereocenters. The largest absolute Gasteiger partial charge is 0.378 e. The lowest BCUT2D eigenvalue weighted by molar-refractivity contribution is 0.0827. The smallest absolute Gasteiger partial charge is 0.238 e. The van der Waals surface area contributed by atoms with Gasteiger partial charge in [0.2, 0.25) is 10.0 Å². The number of rotatable bonds is 4. The van der Waals surface area contributed by atoms with Gasteiger partial charge in [0.15, 0.2) is 5.78 Å². The maximum absolute atomic E-state index is 12.2. The molecule has 2 heterocycles. The number of sulfonamides is 1. The van der Waals surface area contributed by atoms with Crippen molar-refractivity contribution < 1.29 is 17.9 Å². The van der Waals surface area contributed by atoms with Crippen LogP contribution >= 0.6 is 0 Å². The van der Waals surface area contributed by atoms with Crippen molar-refractivity contribution in [2.75, 3.05) is 11.9 Å². The van der Waals surface area contributed by atoms with Crippen molar-refractivity contribution in [3.8, 4) is 0 Å². The second-order valence-electron chi connectivity index (χ2n) is 10.5. The van der Waals surface area contributed by atoms with Gasteiger partial charge in [-0.25, -0.2) is 13.6 Å². The first-order chi connectivity index (χ1) is 16.6. The summed E-state index contributed by atoms with van der Waals surface area (Å²) in [5.41, 5.74) is 3.48. The third-order valence-electron chi connectivity index (χ3n) is 7.51. The number of anilines is 1. The Balaban J connectivity index is 0.000000356. The highest BCUT2D eigenvalue weighted by molar-refractivity contribution is 7.89. The monoisotopic (exact) mass is 498 g/mol. The van der Waals surface area contributed by atoms with Gasteiger partial charge in [0.1, 0.15) is 0 Å². The Morgan fingerprint density at radius 3 is 2.29 bits per heavy atom. The van der Waals surface area contributed by atoms with Crippen molar-refractivity contribution in [3.05, 3.63) is 59.2 Å². The lowest BCUT2D eigenvalue weighted by atomic mass is 9.81. The molecule has 0 amide bonds. The lowest BCUT2D eigenvalue weighted by Crippen LogP contribution is -2.29. The van der Waals surface area contributed by atoms with Crippen molar-refractivity contribution in [1.29, 1.82) is 0 Å². The molecule has 6 nitrogen and oxygen atoms in total. The highest BCUT2D eigenvalue weighted by Gasteiger charge is 2.41. The van der Waals surface area contributed by atoms with Gasteiger partial charge in [-0.3, -0.25) is 4.79 Å². The summed E-state index contributed by atoms with van der Waals surface area (Å²) >= 11 is 0. The first kappa shape index (κ1) is 25.9. The average Bonchev–Trinajstić information content (AvgIpc) is 3.33. The number of fused-ring (bicyclic) bond motifs is 3. The molecular formula is C28H38N2O4S. The molecule has 0 radical (unpaired) electrons. The van der Waals surface area contributed by atoms with E-state index in [-0.39, 0.29) is 34.7 Å². The molecule has 1 saturated carbocycles. The molecule has 7 heteroatoms. The molecule has 5 rings (SSSR count). The van der Waals surface area contributed by atoms with Crippen molar-refractivity contribution in [2.45, 2.75) is 76.3 Å². The van der Waals surface area contributed by atoms with E-state index in [0.29, 0.717) is 12.2 Å². The van der Waals surface area contributed by atoms with E-state index in [0.717, 1.165) is 29.2 Å². The maximum atomic E-state index is 12.2. The summed E-state index contributed by atoms with van der Waals surface area (Å²) in [5.74, 6) is 1.31. The van der Waals surface area contributed by atoms with E-state index in [1.807, 2.05) is 38.1 Å². The molecule has 190 valence electrons. The first-order valence-corrected chi connectivity index (χ1v) is 14.4. The second-order valence-corrected chi connectivity index (χ2v) is 12.1. The summed E-state index contributed by atoms with van der Waals surface area (Å²) < 4.78 is 29.4. The Morgan fingerprint density at radius 1 is 1.03 bits per heavy atom. The number of Topliss-reactive ketones (excluding diaryl/α,β-unsaturated/α-hetero) is 1. The van der Waals surface area contributed by atoms with Crippen LogP contribution in [0.2, 0.25) is 0 Å². The van der Waals surface area contributed by atoms with E-state index < -0.39 is 10.0 Å². The van der Waals surface area contributed by atoms with Crippen LogP contribution in [0.25, 0.3) is 0 Å². The number of hydrogen-bond donors (Lipinski definition) is 2. The topological polar surface area (TPSA) is 98.5 Å². The van der Waals surface area contributed by atoms with Crippen LogP contribution in [0.1, 0.15) is 92.9 Å². The summed E-state index contributed by atoms with van der Waals surface area (Å²) in [6, 6.07) is 12.6. The van der Waals surface area contributed by atoms with Crippen molar-refractivity contribution in [1.82, 2.24) is 0 Å². The van der Waals surface area contributed by atoms with Gasteiger partial charge in [-0.05, 0) is 36.1 Å². The predicted molar refractivity (Wildman–Crippen MR) is 139 cm³/mol. The van der Waals surface area contributed by atoms with Crippen molar-refractivity contribution in [3.63, 3.8) is 0 Å². The highest BCUT2D eigenvalue weighted by atomic mass is 32.2. The molecule has 2 fully saturated rings. The number of nitrogens with two attached hydrogens (primary N) is 1. The highest BCUT2D eigenvalue weighted by Crippen LogP contribution is 2.50. The van der Waals surface area contributed by atoms with Gasteiger partial charge in [0.25, 0.3) is 0 Å². The summed E-state index contributed by atoms with van der Waals surface area (Å²) in [4.78, 5) is 12.3. The second kappa shape index (κ2) is 10.8. The van der Waals surface area contributed by atoms with Crippen LogP contribution in [0.4, 0.5) is 5.69 Å². The normalized spacial score (nSPS) is 24.1. The lowest BCUT2D eigenvalue weighted by Gasteiger charge is -2.36. The maximum Gasteiger partial charge on any atom is 0.238 e. The Bertz CT molecular complexity index is 1140. The number of carbonyl (C=O) groups excluding carboxylic acids is 1. The van der Waals surface area contributed by atoms with Crippen LogP contribution in [0.5, 0.6) is 0 Å². The van der Waals surface area contributed by atoms with E-state index in [2.05, 4.69) is 12.2 Å². The van der Waals surface area contributed by atoms with Gasteiger partial charge in [-0.1, -0.05) is 77.1 Å². The Kier molecular flexibility index (Phi) is 7.99. The molecule has 3 N–H and O–H groups in total. The average molecular weight is 499 g/mol. The Hall–Kier alpha value is -2.22. The SMILES string of the molecule is CC(C)C(=O)c1ccc(C2Nc3ccc(S(N)(=O)=O)cc3C3OCCC23)cc1.CC1CCCCC1. The molecule has 2 aromatic carbocycles. The van der Waals surface area contributed by atoms with E-state index in [1.165, 1.54) is 38.2 Å². The van der Waals surface area contributed by atoms with Crippen LogP contribution < -0.4 is 10.5 Å². The standard InChI is InChI=1S/C21H24N2O4S.C7H14/c1-12(2)20(24)14-5-3-13(4-6-14)19-16-9-10-27-21(16)17-11-15(28(22,25)26)7-8-18(17)23-19;1-7-5-3-2-4-6-7/h3-8,11-12,16,19,21,23H,9-10H2,1-2H3,(H2,22,25,26);7H,2-6H2,1H3. The quantitative estimate of drug-likeness (QED) is 0.504. The van der Waals surface area contributed by atoms with Crippen LogP contribution in [0.15, 0.2) is 47.4 Å². The molecule has 3 atom stereocenters. The Morgan fingerprint density at radius 2 is 1.71 bits per heavy atom. The molecule has 2 aromatic rings. The number of carbonyl (C=O) groups is 1. The number of benzene rings is 2. The zero-order valence-corrected chi connectivity index (χ0v) is 21.8. The van der Waals surface area contributed by atoms with Gasteiger partial charge in [-0.2, -0.15) is 0 Å². The predicted octanol–water partition coefficient (Wildman–Crippen LogP) is 6.00. The number of ketones is 1.